The fourth-order valence-electron chi connectivity index (χ4n) is 2.96. The van der Waals surface area contributed by atoms with Gasteiger partial charge in [0.05, 0.1) is 22.4 Å². The zero-order valence-corrected chi connectivity index (χ0v) is 16.6. The number of nitrogens with one attached hydrogen (secondary N) is 3. The van der Waals surface area contributed by atoms with Crippen LogP contribution < -0.4 is 20.3 Å². The van der Waals surface area contributed by atoms with E-state index in [2.05, 4.69) is 20.3 Å². The molecule has 2 aliphatic rings. The van der Waals surface area contributed by atoms with Crippen LogP contribution in [0, 0.1) is 0 Å². The van der Waals surface area contributed by atoms with Crippen molar-refractivity contribution in [2.24, 2.45) is 0 Å². The summed E-state index contributed by atoms with van der Waals surface area (Å²) >= 11 is 1.93. The van der Waals surface area contributed by atoms with Crippen molar-refractivity contribution in [2.45, 2.75) is 32.1 Å². The van der Waals surface area contributed by atoms with Crippen LogP contribution in [0.3, 0.4) is 0 Å². The van der Waals surface area contributed by atoms with E-state index in [1.54, 1.807) is 0 Å². The van der Waals surface area contributed by atoms with Gasteiger partial charge >= 0.3 is 0 Å². The first-order chi connectivity index (χ1) is 12.1. The molecule has 2 aliphatic heterocycles. The molecular formula is C16H28N6OS2. The van der Waals surface area contributed by atoms with Gasteiger partial charge in [0, 0.05) is 50.1 Å². The van der Waals surface area contributed by atoms with Crippen LogP contribution in [0.25, 0.3) is 0 Å². The summed E-state index contributed by atoms with van der Waals surface area (Å²) in [5.74, 6) is 4.38. The number of thioether (sulfide) groups is 1. The third-order valence-electron chi connectivity index (χ3n) is 4.16. The molecule has 0 saturated carbocycles. The van der Waals surface area contributed by atoms with Crippen LogP contribution in [0.5, 0.6) is 0 Å². The number of aryl methyl sites for hydroxylation is 1. The molecule has 7 nitrogen and oxygen atoms in total. The van der Waals surface area contributed by atoms with Crippen molar-refractivity contribution < 1.29 is 4.21 Å². The van der Waals surface area contributed by atoms with Gasteiger partial charge in [-0.1, -0.05) is 0 Å². The molecule has 0 spiro atoms. The third-order valence-corrected chi connectivity index (χ3v) is 6.45. The van der Waals surface area contributed by atoms with Crippen LogP contribution in [0.1, 0.15) is 25.1 Å². The van der Waals surface area contributed by atoms with Crippen molar-refractivity contribution in [1.82, 2.24) is 20.0 Å². The molecule has 1 fully saturated rings. The third kappa shape index (κ3) is 5.29. The van der Waals surface area contributed by atoms with Crippen molar-refractivity contribution in [3.05, 3.63) is 11.3 Å². The molecule has 3 rings (SSSR count). The van der Waals surface area contributed by atoms with Crippen molar-refractivity contribution in [3.63, 3.8) is 0 Å². The Balaban J connectivity index is 1.71. The average molecular weight is 385 g/mol. The maximum atomic E-state index is 12.0. The summed E-state index contributed by atoms with van der Waals surface area (Å²) in [6.07, 6.45) is 0.997. The molecule has 1 atom stereocenters. The molecule has 3 heterocycles. The lowest BCUT2D eigenvalue weighted by Gasteiger charge is -2.29. The average Bonchev–Trinajstić information content (AvgIpc) is 2.61. The summed E-state index contributed by atoms with van der Waals surface area (Å²) in [6, 6.07) is 0.225. The van der Waals surface area contributed by atoms with E-state index in [1.807, 2.05) is 25.6 Å². The zero-order chi connectivity index (χ0) is 17.6. The Morgan fingerprint density at radius 1 is 1.32 bits per heavy atom. The van der Waals surface area contributed by atoms with E-state index in [-0.39, 0.29) is 6.04 Å². The summed E-state index contributed by atoms with van der Waals surface area (Å²) in [6.45, 7) is 8.47. The number of nitrogens with zero attached hydrogens (tertiary/aromatic N) is 3. The fraction of sp³-hybridized carbons (Fsp3) is 0.750. The summed E-state index contributed by atoms with van der Waals surface area (Å²) in [5, 5.41) is 6.78. The monoisotopic (exact) mass is 384 g/mol. The van der Waals surface area contributed by atoms with Crippen molar-refractivity contribution in [2.75, 3.05) is 54.4 Å². The van der Waals surface area contributed by atoms with Crippen LogP contribution in [-0.2, 0) is 23.2 Å². The van der Waals surface area contributed by atoms with Gasteiger partial charge in [-0.25, -0.2) is 13.9 Å². The van der Waals surface area contributed by atoms with Crippen LogP contribution >= 0.6 is 11.8 Å². The summed E-state index contributed by atoms with van der Waals surface area (Å²) in [5.41, 5.74) is 2.39. The minimum absolute atomic E-state index is 0.225. The SMILES string of the molecule is CC(C)NS(=O)CCNc1nc(N2CCNCC2)nc2c1CSCC2. The Bertz CT molecular complexity index is 607. The van der Waals surface area contributed by atoms with Gasteiger partial charge in [-0.15, -0.1) is 0 Å². The Morgan fingerprint density at radius 2 is 2.12 bits per heavy atom. The lowest BCUT2D eigenvalue weighted by atomic mass is 10.2. The van der Waals surface area contributed by atoms with Gasteiger partial charge in [0.2, 0.25) is 5.95 Å². The molecule has 1 aromatic rings. The summed E-state index contributed by atoms with van der Waals surface area (Å²) in [4.78, 5) is 11.9. The fourth-order valence-corrected chi connectivity index (χ4v) is 4.88. The van der Waals surface area contributed by atoms with Gasteiger partial charge in [-0.3, -0.25) is 0 Å². The number of aromatic nitrogens is 2. The largest absolute Gasteiger partial charge is 0.369 e. The van der Waals surface area contributed by atoms with Gasteiger partial charge in [0.1, 0.15) is 5.82 Å². The first-order valence-corrected chi connectivity index (χ1v) is 11.4. The normalized spacial score (nSPS) is 18.9. The summed E-state index contributed by atoms with van der Waals surface area (Å²) < 4.78 is 15.0. The molecule has 0 amide bonds. The van der Waals surface area contributed by atoms with Gasteiger partial charge in [-0.2, -0.15) is 16.7 Å². The van der Waals surface area contributed by atoms with Crippen molar-refractivity contribution >= 4 is 34.5 Å². The Morgan fingerprint density at radius 3 is 2.88 bits per heavy atom. The number of hydrogen-bond acceptors (Lipinski definition) is 7. The maximum Gasteiger partial charge on any atom is 0.227 e. The quantitative estimate of drug-likeness (QED) is 0.640. The minimum atomic E-state index is -1.01. The van der Waals surface area contributed by atoms with Gasteiger partial charge in [0.15, 0.2) is 0 Å². The highest BCUT2D eigenvalue weighted by Crippen LogP contribution is 2.30. The highest BCUT2D eigenvalue weighted by Gasteiger charge is 2.21. The molecule has 25 heavy (non-hydrogen) atoms. The first kappa shape index (κ1) is 18.9. The van der Waals surface area contributed by atoms with Gasteiger partial charge < -0.3 is 15.5 Å². The van der Waals surface area contributed by atoms with Crippen LogP contribution in [0.4, 0.5) is 11.8 Å². The first-order valence-electron chi connectivity index (χ1n) is 8.95. The van der Waals surface area contributed by atoms with Crippen molar-refractivity contribution in [3.8, 4) is 0 Å². The second-order valence-corrected chi connectivity index (χ2v) is 9.03. The molecule has 1 aromatic heterocycles. The van der Waals surface area contributed by atoms with Crippen LogP contribution in [0.2, 0.25) is 0 Å². The topological polar surface area (TPSA) is 82.2 Å². The second-order valence-electron chi connectivity index (χ2n) is 6.59. The Kier molecular flexibility index (Phi) is 6.92. The molecule has 0 radical (unpaired) electrons. The van der Waals surface area contributed by atoms with E-state index in [0.717, 1.165) is 55.9 Å². The van der Waals surface area contributed by atoms with E-state index >= 15 is 0 Å². The highest BCUT2D eigenvalue weighted by molar-refractivity contribution is 7.98. The molecule has 140 valence electrons. The lowest BCUT2D eigenvalue weighted by molar-refractivity contribution is 0.579. The number of anilines is 2. The van der Waals surface area contributed by atoms with E-state index < -0.39 is 11.0 Å². The minimum Gasteiger partial charge on any atom is -0.369 e. The number of piperazine rings is 1. The standard InChI is InChI=1S/C16H28N6OS2/c1-12(2)21-25(23)10-6-18-15-13-11-24-9-3-14(13)19-16(20-15)22-7-4-17-5-8-22/h12,17,21H,3-11H2,1-2H3,(H,18,19,20). The smallest absolute Gasteiger partial charge is 0.227 e. The Hall–Kier alpha value is -0.900. The molecule has 0 aromatic carbocycles. The zero-order valence-electron chi connectivity index (χ0n) is 15.0. The van der Waals surface area contributed by atoms with Crippen molar-refractivity contribution in [1.29, 1.82) is 0 Å². The molecule has 1 saturated heterocycles. The van der Waals surface area contributed by atoms with Crippen LogP contribution in [0.15, 0.2) is 0 Å². The molecular weight excluding hydrogens is 356 g/mol. The van der Waals surface area contributed by atoms with E-state index in [4.69, 9.17) is 9.97 Å². The number of rotatable bonds is 7. The predicted molar refractivity (Wildman–Crippen MR) is 107 cm³/mol. The predicted octanol–water partition coefficient (Wildman–Crippen LogP) is 0.749. The Labute approximate surface area is 156 Å². The van der Waals surface area contributed by atoms with Gasteiger partial charge in [-0.05, 0) is 26.0 Å². The van der Waals surface area contributed by atoms with Gasteiger partial charge in [0.25, 0.3) is 0 Å². The number of fused-ring (bicyclic) bond motifs is 1. The molecule has 0 bridgehead atoms. The van der Waals surface area contributed by atoms with Crippen LogP contribution in [-0.4, -0.2) is 64.4 Å². The number of hydrogen-bond donors (Lipinski definition) is 3. The molecule has 1 unspecified atom stereocenters. The molecule has 0 aliphatic carbocycles. The van der Waals surface area contributed by atoms with E-state index in [9.17, 15) is 4.21 Å². The van der Waals surface area contributed by atoms with E-state index in [0.29, 0.717) is 12.3 Å². The maximum absolute atomic E-state index is 12.0. The van der Waals surface area contributed by atoms with E-state index in [1.165, 1.54) is 11.3 Å². The second kappa shape index (κ2) is 9.16. The molecule has 3 N–H and O–H groups in total. The lowest BCUT2D eigenvalue weighted by Crippen LogP contribution is -2.44. The summed E-state index contributed by atoms with van der Waals surface area (Å²) in [7, 11) is -1.01. The highest BCUT2D eigenvalue weighted by atomic mass is 32.2. The molecule has 9 heteroatoms.